The van der Waals surface area contributed by atoms with E-state index in [1.165, 1.54) is 23.9 Å². The van der Waals surface area contributed by atoms with Crippen LogP contribution in [0.15, 0.2) is 65.0 Å². The van der Waals surface area contributed by atoms with E-state index >= 15 is 0 Å². The first kappa shape index (κ1) is 20.9. The molecule has 0 saturated carbocycles. The molecule has 1 unspecified atom stereocenters. The Bertz CT molecular complexity index is 1220. The van der Waals surface area contributed by atoms with E-state index in [0.717, 1.165) is 17.3 Å². The van der Waals surface area contributed by atoms with Crippen molar-refractivity contribution < 1.29 is 13.6 Å². The van der Waals surface area contributed by atoms with Gasteiger partial charge < -0.3 is 5.32 Å². The van der Waals surface area contributed by atoms with E-state index in [1.807, 2.05) is 44.2 Å². The molecule has 32 heavy (non-hydrogen) atoms. The number of fused-ring (bicyclic) bond motifs is 1. The number of hydrogen-bond donors (Lipinski definition) is 1. The Kier molecular flexibility index (Phi) is 5.12. The normalized spacial score (nSPS) is 19.4. The van der Waals surface area contributed by atoms with Gasteiger partial charge in [-0.2, -0.15) is 4.98 Å². The van der Waals surface area contributed by atoms with Gasteiger partial charge in [0.2, 0.25) is 11.1 Å². The fourth-order valence-corrected chi connectivity index (χ4v) is 5.20. The number of nitrogens with zero attached hydrogens (tertiary/aromatic N) is 3. The number of carbonyl (C=O) groups is 1. The average molecular weight is 453 g/mol. The number of benzene rings is 2. The maximum absolute atomic E-state index is 14.1. The fraction of sp³-hybridized carbons (Fsp3) is 0.292. The van der Waals surface area contributed by atoms with Crippen LogP contribution in [0.1, 0.15) is 43.9 Å². The number of carbonyl (C=O) groups excluding carboxylic acids is 1. The van der Waals surface area contributed by atoms with Crippen LogP contribution < -0.4 is 5.32 Å². The molecule has 3 aromatic rings. The minimum absolute atomic E-state index is 0.0435. The van der Waals surface area contributed by atoms with Crippen LogP contribution >= 0.6 is 11.8 Å². The van der Waals surface area contributed by atoms with Crippen molar-refractivity contribution in [1.29, 1.82) is 0 Å². The zero-order valence-electron chi connectivity index (χ0n) is 17.7. The summed E-state index contributed by atoms with van der Waals surface area (Å²) < 4.78 is 29.8. The highest BCUT2D eigenvalue weighted by Gasteiger charge is 2.42. The van der Waals surface area contributed by atoms with Crippen molar-refractivity contribution in [3.05, 3.63) is 82.6 Å². The Morgan fingerprint density at radius 2 is 1.84 bits per heavy atom. The number of hydrogen-bond acceptors (Lipinski definition) is 5. The van der Waals surface area contributed by atoms with Crippen molar-refractivity contribution >= 4 is 23.5 Å². The number of halogens is 2. The largest absolute Gasteiger partial charge is 0.328 e. The van der Waals surface area contributed by atoms with Gasteiger partial charge in [0.25, 0.3) is 0 Å². The molecule has 0 saturated heterocycles. The van der Waals surface area contributed by atoms with Crippen molar-refractivity contribution in [1.82, 2.24) is 14.8 Å². The van der Waals surface area contributed by atoms with Crippen LogP contribution in [0, 0.1) is 17.0 Å². The maximum atomic E-state index is 14.1. The molecule has 0 fully saturated rings. The second-order valence-corrected chi connectivity index (χ2v) is 9.94. The minimum atomic E-state index is -0.728. The minimum Gasteiger partial charge on any atom is -0.328 e. The van der Waals surface area contributed by atoms with Crippen LogP contribution in [0.25, 0.3) is 0 Å². The zero-order chi connectivity index (χ0) is 22.5. The Labute approximate surface area is 188 Å². The van der Waals surface area contributed by atoms with Crippen molar-refractivity contribution in [3.8, 4) is 0 Å². The second-order valence-electron chi connectivity index (χ2n) is 9.00. The number of anilines is 1. The number of ketones is 1. The molecule has 2 heterocycles. The third kappa shape index (κ3) is 3.95. The van der Waals surface area contributed by atoms with E-state index in [4.69, 9.17) is 0 Å². The monoisotopic (exact) mass is 452 g/mol. The first-order valence-corrected chi connectivity index (χ1v) is 11.4. The van der Waals surface area contributed by atoms with Crippen LogP contribution in [-0.2, 0) is 10.5 Å². The Balaban J connectivity index is 1.57. The molecular formula is C24H22F2N4OS. The van der Waals surface area contributed by atoms with E-state index < -0.39 is 17.7 Å². The number of Topliss-reactive ketones (excluding diaryl/α,β-unsaturated/α-hetero) is 1. The summed E-state index contributed by atoms with van der Waals surface area (Å²) in [6, 6.07) is 12.6. The molecule has 1 aromatic heterocycles. The molecule has 0 amide bonds. The molecule has 1 aliphatic carbocycles. The highest BCUT2D eigenvalue weighted by atomic mass is 32.2. The van der Waals surface area contributed by atoms with Gasteiger partial charge in [-0.15, -0.1) is 5.10 Å². The molecule has 1 atom stereocenters. The Morgan fingerprint density at radius 3 is 2.56 bits per heavy atom. The lowest BCUT2D eigenvalue weighted by Gasteiger charge is -2.38. The van der Waals surface area contributed by atoms with Crippen LogP contribution in [0.3, 0.4) is 0 Å². The van der Waals surface area contributed by atoms with E-state index in [-0.39, 0.29) is 11.2 Å². The summed E-state index contributed by atoms with van der Waals surface area (Å²) in [5.41, 5.74) is 2.52. The molecule has 164 valence electrons. The van der Waals surface area contributed by atoms with E-state index in [2.05, 4.69) is 15.4 Å². The lowest BCUT2D eigenvalue weighted by molar-refractivity contribution is -0.118. The molecule has 2 aliphatic rings. The molecule has 1 N–H and O–H groups in total. The summed E-state index contributed by atoms with van der Waals surface area (Å²) >= 11 is 1.47. The Morgan fingerprint density at radius 1 is 1.12 bits per heavy atom. The maximum Gasteiger partial charge on any atom is 0.227 e. The second kappa shape index (κ2) is 7.85. The highest BCUT2D eigenvalue weighted by Crippen LogP contribution is 2.45. The van der Waals surface area contributed by atoms with Gasteiger partial charge in [-0.25, -0.2) is 13.5 Å². The van der Waals surface area contributed by atoms with Crippen LogP contribution in [0.2, 0.25) is 0 Å². The van der Waals surface area contributed by atoms with E-state index in [0.29, 0.717) is 40.8 Å². The molecule has 8 heteroatoms. The molecular weight excluding hydrogens is 430 g/mol. The SMILES string of the molecule is CC1(C)CC(=O)C2=C(C1)Nc1nc(SCc3ccccc3)nn1C2c1cc(F)cc(F)c1. The molecule has 0 spiro atoms. The van der Waals surface area contributed by atoms with E-state index in [9.17, 15) is 13.6 Å². The van der Waals surface area contributed by atoms with Gasteiger partial charge in [0.15, 0.2) is 5.78 Å². The van der Waals surface area contributed by atoms with Crippen LogP contribution in [-0.4, -0.2) is 20.5 Å². The van der Waals surface area contributed by atoms with E-state index in [1.54, 1.807) is 4.68 Å². The first-order valence-electron chi connectivity index (χ1n) is 10.4. The fourth-order valence-electron chi connectivity index (χ4n) is 4.41. The Hall–Kier alpha value is -3.00. The van der Waals surface area contributed by atoms with Gasteiger partial charge >= 0.3 is 0 Å². The molecule has 0 bridgehead atoms. The quantitative estimate of drug-likeness (QED) is 0.529. The summed E-state index contributed by atoms with van der Waals surface area (Å²) in [7, 11) is 0. The number of nitrogens with one attached hydrogen (secondary N) is 1. The topological polar surface area (TPSA) is 59.8 Å². The average Bonchev–Trinajstić information content (AvgIpc) is 3.12. The van der Waals surface area contributed by atoms with Gasteiger partial charge in [-0.1, -0.05) is 55.9 Å². The van der Waals surface area contributed by atoms with Gasteiger partial charge in [-0.05, 0) is 35.1 Å². The van der Waals surface area contributed by atoms with Crippen molar-refractivity contribution in [3.63, 3.8) is 0 Å². The molecule has 5 rings (SSSR count). The third-order valence-corrected chi connectivity index (χ3v) is 6.63. The highest BCUT2D eigenvalue weighted by molar-refractivity contribution is 7.98. The third-order valence-electron chi connectivity index (χ3n) is 5.72. The summed E-state index contributed by atoms with van der Waals surface area (Å²) in [4.78, 5) is 17.8. The molecule has 5 nitrogen and oxygen atoms in total. The van der Waals surface area contributed by atoms with Gasteiger partial charge in [0.1, 0.15) is 17.7 Å². The summed E-state index contributed by atoms with van der Waals surface area (Å²) in [6.07, 6.45) is 1.00. The molecule has 1 aliphatic heterocycles. The molecule has 0 radical (unpaired) electrons. The lowest BCUT2D eigenvalue weighted by Crippen LogP contribution is -2.36. The van der Waals surface area contributed by atoms with Crippen molar-refractivity contribution in [2.75, 3.05) is 5.32 Å². The predicted octanol–water partition coefficient (Wildman–Crippen LogP) is 5.51. The summed E-state index contributed by atoms with van der Waals surface area (Å²) in [6.45, 7) is 4.07. The predicted molar refractivity (Wildman–Crippen MR) is 119 cm³/mol. The van der Waals surface area contributed by atoms with Crippen molar-refractivity contribution in [2.24, 2.45) is 5.41 Å². The van der Waals surface area contributed by atoms with Gasteiger partial charge in [0.05, 0.1) is 0 Å². The van der Waals surface area contributed by atoms with Gasteiger partial charge in [-0.3, -0.25) is 4.79 Å². The number of thioether (sulfide) groups is 1. The summed E-state index contributed by atoms with van der Waals surface area (Å²) in [5.74, 6) is -0.269. The van der Waals surface area contributed by atoms with Crippen LogP contribution in [0.4, 0.5) is 14.7 Å². The standard InChI is InChI=1S/C24H22F2N4OS/c1-24(2)11-18-20(19(31)12-24)21(15-8-16(25)10-17(26)9-15)30-22(27-18)28-23(29-30)32-13-14-6-4-3-5-7-14/h3-10,21H,11-13H2,1-2H3,(H,27,28,29). The lowest BCUT2D eigenvalue weighted by atomic mass is 9.73. The number of allylic oxidation sites excluding steroid dienone is 2. The zero-order valence-corrected chi connectivity index (χ0v) is 18.5. The number of rotatable bonds is 4. The molecule has 2 aromatic carbocycles. The van der Waals surface area contributed by atoms with Gasteiger partial charge in [0, 0.05) is 29.5 Å². The first-order chi connectivity index (χ1) is 15.3. The number of aromatic nitrogens is 3. The smallest absolute Gasteiger partial charge is 0.227 e. The summed E-state index contributed by atoms with van der Waals surface area (Å²) in [5, 5.41) is 8.43. The van der Waals surface area contributed by atoms with Crippen LogP contribution in [0.5, 0.6) is 0 Å². The van der Waals surface area contributed by atoms with Crippen molar-refractivity contribution in [2.45, 2.75) is 43.6 Å².